The fraction of sp³-hybridized carbons (Fsp3) is 0.300. The van der Waals surface area contributed by atoms with Gasteiger partial charge >= 0.3 is 0 Å². The summed E-state index contributed by atoms with van der Waals surface area (Å²) in [6, 6.07) is 10.7. The van der Waals surface area contributed by atoms with E-state index in [9.17, 15) is 28.1 Å². The minimum absolute atomic E-state index is 0.000515. The number of hydrogen-bond acceptors (Lipinski definition) is 6. The number of nitrogens with one attached hydrogen (secondary N) is 1. The lowest BCUT2D eigenvalue weighted by Crippen LogP contribution is -2.50. The zero-order chi connectivity index (χ0) is 24.1. The van der Waals surface area contributed by atoms with Crippen molar-refractivity contribution in [2.45, 2.75) is 19.5 Å². The van der Waals surface area contributed by atoms with E-state index in [0.29, 0.717) is 10.6 Å². The number of nitro benzene ring substituents is 1. The molecule has 10 nitrogen and oxygen atoms in total. The lowest BCUT2D eigenvalue weighted by Gasteiger charge is -2.31. The van der Waals surface area contributed by atoms with E-state index in [0.717, 1.165) is 16.6 Å². The first-order valence-electron chi connectivity index (χ1n) is 9.41. The van der Waals surface area contributed by atoms with Gasteiger partial charge in [-0.25, -0.2) is 8.42 Å². The van der Waals surface area contributed by atoms with Gasteiger partial charge in [0.1, 0.15) is 12.6 Å². The van der Waals surface area contributed by atoms with Crippen LogP contribution in [0, 0.1) is 10.1 Å². The quantitative estimate of drug-likeness (QED) is 0.430. The van der Waals surface area contributed by atoms with E-state index in [1.807, 2.05) is 0 Å². The highest BCUT2D eigenvalue weighted by Gasteiger charge is 2.30. The van der Waals surface area contributed by atoms with Crippen molar-refractivity contribution in [3.8, 4) is 0 Å². The van der Waals surface area contributed by atoms with Gasteiger partial charge in [-0.05, 0) is 30.7 Å². The molecule has 32 heavy (non-hydrogen) atoms. The van der Waals surface area contributed by atoms with Gasteiger partial charge in [0, 0.05) is 30.7 Å². The van der Waals surface area contributed by atoms with Gasteiger partial charge in [0.2, 0.25) is 21.8 Å². The van der Waals surface area contributed by atoms with Crippen molar-refractivity contribution in [3.63, 3.8) is 0 Å². The highest BCUT2D eigenvalue weighted by Crippen LogP contribution is 2.24. The Morgan fingerprint density at radius 3 is 2.41 bits per heavy atom. The Bertz CT molecular complexity index is 1120. The summed E-state index contributed by atoms with van der Waals surface area (Å²) in [6.45, 7) is 0.863. The van der Waals surface area contributed by atoms with Gasteiger partial charge < -0.3 is 10.2 Å². The molecule has 2 rings (SSSR count). The van der Waals surface area contributed by atoms with Crippen LogP contribution in [0.15, 0.2) is 48.5 Å². The summed E-state index contributed by atoms with van der Waals surface area (Å²) in [5.74, 6) is -1.11. The van der Waals surface area contributed by atoms with Crippen molar-refractivity contribution in [1.29, 1.82) is 0 Å². The van der Waals surface area contributed by atoms with E-state index in [4.69, 9.17) is 11.6 Å². The van der Waals surface area contributed by atoms with Crippen LogP contribution in [0.4, 0.5) is 11.4 Å². The number of amides is 2. The van der Waals surface area contributed by atoms with Crippen LogP contribution in [-0.2, 0) is 26.2 Å². The first-order chi connectivity index (χ1) is 14.9. The molecule has 0 bridgehead atoms. The van der Waals surface area contributed by atoms with Gasteiger partial charge in [-0.2, -0.15) is 0 Å². The van der Waals surface area contributed by atoms with Gasteiger partial charge in [0.25, 0.3) is 5.69 Å². The van der Waals surface area contributed by atoms with Crippen LogP contribution < -0.4 is 9.62 Å². The lowest BCUT2D eigenvalue weighted by atomic mass is 10.1. The summed E-state index contributed by atoms with van der Waals surface area (Å²) < 4.78 is 25.6. The van der Waals surface area contributed by atoms with E-state index < -0.39 is 39.3 Å². The molecule has 12 heteroatoms. The maximum Gasteiger partial charge on any atom is 0.271 e. The van der Waals surface area contributed by atoms with Crippen LogP contribution in [0.25, 0.3) is 0 Å². The zero-order valence-electron chi connectivity index (χ0n) is 17.7. The van der Waals surface area contributed by atoms with Gasteiger partial charge in [-0.1, -0.05) is 29.8 Å². The van der Waals surface area contributed by atoms with Crippen molar-refractivity contribution in [2.75, 3.05) is 24.2 Å². The summed E-state index contributed by atoms with van der Waals surface area (Å²) >= 11 is 6.02. The van der Waals surface area contributed by atoms with Crippen LogP contribution in [0.3, 0.4) is 0 Å². The lowest BCUT2D eigenvalue weighted by molar-refractivity contribution is -0.384. The Kier molecular flexibility index (Phi) is 8.17. The van der Waals surface area contributed by atoms with Crippen molar-refractivity contribution in [2.24, 2.45) is 0 Å². The molecule has 0 saturated carbocycles. The van der Waals surface area contributed by atoms with Crippen molar-refractivity contribution >= 4 is 44.8 Å². The molecule has 2 aromatic rings. The SMILES string of the molecule is CNC(=O)C(C)N(Cc1cccc(Cl)c1)C(=O)CN(c1cccc([N+](=O)[O-])c1)S(C)(=O)=O. The van der Waals surface area contributed by atoms with Crippen molar-refractivity contribution < 1.29 is 22.9 Å². The second kappa shape index (κ2) is 10.4. The molecule has 1 N–H and O–H groups in total. The van der Waals surface area contributed by atoms with E-state index in [1.165, 1.54) is 37.1 Å². The number of hydrogen-bond donors (Lipinski definition) is 1. The van der Waals surface area contributed by atoms with Crippen LogP contribution in [0.5, 0.6) is 0 Å². The minimum atomic E-state index is -3.98. The molecule has 0 fully saturated rings. The number of nitro groups is 1. The fourth-order valence-corrected chi connectivity index (χ4v) is 4.05. The third-order valence-electron chi connectivity index (χ3n) is 4.66. The summed E-state index contributed by atoms with van der Waals surface area (Å²) in [7, 11) is -2.56. The smallest absolute Gasteiger partial charge is 0.271 e. The van der Waals surface area contributed by atoms with Crippen molar-refractivity contribution in [1.82, 2.24) is 10.2 Å². The van der Waals surface area contributed by atoms with E-state index in [2.05, 4.69) is 5.32 Å². The molecule has 1 atom stereocenters. The van der Waals surface area contributed by atoms with Crippen molar-refractivity contribution in [3.05, 3.63) is 69.2 Å². The first-order valence-corrected chi connectivity index (χ1v) is 11.6. The monoisotopic (exact) mass is 482 g/mol. The molecular weight excluding hydrogens is 460 g/mol. The fourth-order valence-electron chi connectivity index (χ4n) is 3.00. The molecule has 0 saturated heterocycles. The molecular formula is C20H23ClN4O6S. The van der Waals surface area contributed by atoms with Gasteiger partial charge in [-0.3, -0.25) is 24.0 Å². The average Bonchev–Trinajstić information content (AvgIpc) is 2.73. The van der Waals surface area contributed by atoms with E-state index in [1.54, 1.807) is 24.3 Å². The number of benzene rings is 2. The van der Waals surface area contributed by atoms with Gasteiger partial charge in [0.15, 0.2) is 0 Å². The summed E-state index contributed by atoms with van der Waals surface area (Å²) in [6.07, 6.45) is 0.891. The molecule has 0 radical (unpaired) electrons. The third kappa shape index (κ3) is 6.41. The number of sulfonamides is 1. The Labute approximate surface area is 191 Å². The Hall–Kier alpha value is -3.18. The zero-order valence-corrected chi connectivity index (χ0v) is 19.3. The predicted octanol–water partition coefficient (Wildman–Crippen LogP) is 2.18. The van der Waals surface area contributed by atoms with Gasteiger partial charge in [0.05, 0.1) is 16.9 Å². The summed E-state index contributed by atoms with van der Waals surface area (Å²) in [4.78, 5) is 37.1. The molecule has 0 aliphatic rings. The molecule has 0 aromatic heterocycles. The number of rotatable bonds is 9. The number of anilines is 1. The standard InChI is InChI=1S/C20H23ClN4O6S/c1-14(20(27)22-2)23(12-15-6-4-7-16(21)10-15)19(26)13-24(32(3,30)31)17-8-5-9-18(11-17)25(28)29/h4-11,14H,12-13H2,1-3H3,(H,22,27). The number of likely N-dealkylation sites (N-methyl/N-ethyl adjacent to an activating group) is 1. The molecule has 0 heterocycles. The Morgan fingerprint density at radius 2 is 1.84 bits per heavy atom. The Balaban J connectivity index is 2.42. The molecule has 172 valence electrons. The molecule has 0 spiro atoms. The highest BCUT2D eigenvalue weighted by atomic mass is 35.5. The largest absolute Gasteiger partial charge is 0.357 e. The molecule has 2 amide bonds. The summed E-state index contributed by atoms with van der Waals surface area (Å²) in [5.41, 5.74) is 0.284. The normalized spacial score (nSPS) is 12.0. The topological polar surface area (TPSA) is 130 Å². The first kappa shape index (κ1) is 25.1. The van der Waals surface area contributed by atoms with Crippen LogP contribution in [-0.4, -0.2) is 55.9 Å². The molecule has 2 aromatic carbocycles. The van der Waals surface area contributed by atoms with Crippen LogP contribution >= 0.6 is 11.6 Å². The maximum atomic E-state index is 13.2. The Morgan fingerprint density at radius 1 is 1.19 bits per heavy atom. The second-order valence-electron chi connectivity index (χ2n) is 6.99. The number of carbonyl (C=O) groups excluding carboxylic acids is 2. The molecule has 1 unspecified atom stereocenters. The average molecular weight is 483 g/mol. The number of nitrogens with zero attached hydrogens (tertiary/aromatic N) is 3. The summed E-state index contributed by atoms with van der Waals surface area (Å²) in [5, 5.41) is 14.0. The molecule has 0 aliphatic heterocycles. The molecule has 0 aliphatic carbocycles. The maximum absolute atomic E-state index is 13.2. The minimum Gasteiger partial charge on any atom is -0.357 e. The number of carbonyl (C=O) groups is 2. The number of halogens is 1. The number of non-ortho nitro benzene ring substituents is 1. The third-order valence-corrected chi connectivity index (χ3v) is 6.04. The van der Waals surface area contributed by atoms with Crippen LogP contribution in [0.1, 0.15) is 12.5 Å². The highest BCUT2D eigenvalue weighted by molar-refractivity contribution is 7.92. The van der Waals surface area contributed by atoms with Gasteiger partial charge in [-0.15, -0.1) is 0 Å². The predicted molar refractivity (Wildman–Crippen MR) is 121 cm³/mol. The van der Waals surface area contributed by atoms with E-state index in [-0.39, 0.29) is 17.9 Å². The second-order valence-corrected chi connectivity index (χ2v) is 9.33. The van der Waals surface area contributed by atoms with E-state index >= 15 is 0 Å². The van der Waals surface area contributed by atoms with Crippen LogP contribution in [0.2, 0.25) is 5.02 Å².